The highest BCUT2D eigenvalue weighted by atomic mass is 32.1. The van der Waals surface area contributed by atoms with Gasteiger partial charge in [-0.25, -0.2) is 9.97 Å². The van der Waals surface area contributed by atoms with Crippen LogP contribution in [0, 0.1) is 6.92 Å². The van der Waals surface area contributed by atoms with Crippen LogP contribution in [0.3, 0.4) is 0 Å². The van der Waals surface area contributed by atoms with E-state index in [1.165, 1.54) is 11.1 Å². The quantitative estimate of drug-likeness (QED) is 0.498. The lowest BCUT2D eigenvalue weighted by atomic mass is 10.0. The number of anilines is 3. The fraction of sp³-hybridized carbons (Fsp3) is 0.360. The Morgan fingerprint density at radius 3 is 2.75 bits per heavy atom. The van der Waals surface area contributed by atoms with Crippen molar-refractivity contribution in [1.29, 1.82) is 0 Å². The van der Waals surface area contributed by atoms with Crippen LogP contribution in [0.4, 0.5) is 17.3 Å². The molecule has 0 radical (unpaired) electrons. The Labute approximate surface area is 195 Å². The third kappa shape index (κ3) is 5.11. The lowest BCUT2D eigenvalue weighted by Crippen LogP contribution is -2.13. The molecule has 32 heavy (non-hydrogen) atoms. The Balaban J connectivity index is 1.63. The van der Waals surface area contributed by atoms with Gasteiger partial charge in [0.25, 0.3) is 0 Å². The summed E-state index contributed by atoms with van der Waals surface area (Å²) in [7, 11) is 4.19. The van der Waals surface area contributed by atoms with Gasteiger partial charge in [-0.15, -0.1) is 0 Å². The maximum absolute atomic E-state index is 5.55. The molecule has 1 aliphatic rings. The normalized spacial score (nSPS) is 12.7. The first-order valence-corrected chi connectivity index (χ1v) is 11.5. The molecule has 1 aliphatic heterocycles. The van der Waals surface area contributed by atoms with Gasteiger partial charge in [0.15, 0.2) is 0 Å². The summed E-state index contributed by atoms with van der Waals surface area (Å²) in [6.07, 6.45) is 7.52. The number of pyridine rings is 1. The first-order valence-electron chi connectivity index (χ1n) is 11.1. The highest BCUT2D eigenvalue weighted by Gasteiger charge is 2.20. The number of nitrogens with zero attached hydrogens (tertiary/aromatic N) is 4. The summed E-state index contributed by atoms with van der Waals surface area (Å²) < 4.78 is 0. The average Bonchev–Trinajstić information content (AvgIpc) is 2.90. The zero-order chi connectivity index (χ0) is 22.7. The van der Waals surface area contributed by atoms with Gasteiger partial charge >= 0.3 is 0 Å². The number of nitrogens with one attached hydrogen (secondary N) is 2. The minimum atomic E-state index is 0.567. The first kappa shape index (κ1) is 22.3. The van der Waals surface area contributed by atoms with Crippen molar-refractivity contribution in [1.82, 2.24) is 19.9 Å². The Morgan fingerprint density at radius 1 is 1.12 bits per heavy atom. The van der Waals surface area contributed by atoms with Crippen LogP contribution in [0.25, 0.3) is 11.3 Å². The zero-order valence-corrected chi connectivity index (χ0v) is 20.0. The molecule has 0 fully saturated rings. The fourth-order valence-corrected chi connectivity index (χ4v) is 4.14. The van der Waals surface area contributed by atoms with Gasteiger partial charge in [0.1, 0.15) is 0 Å². The second-order valence-electron chi connectivity index (χ2n) is 8.53. The van der Waals surface area contributed by atoms with E-state index in [9.17, 15) is 0 Å². The minimum Gasteiger partial charge on any atom is -0.349 e. The molecule has 7 heteroatoms. The van der Waals surface area contributed by atoms with Crippen LogP contribution in [0.15, 0.2) is 36.7 Å². The molecule has 2 aromatic heterocycles. The number of fused-ring (bicyclic) bond motifs is 3. The monoisotopic (exact) mass is 446 g/mol. The van der Waals surface area contributed by atoms with Crippen molar-refractivity contribution in [3.63, 3.8) is 0 Å². The van der Waals surface area contributed by atoms with Crippen molar-refractivity contribution >= 4 is 34.5 Å². The molecule has 0 aliphatic carbocycles. The van der Waals surface area contributed by atoms with Crippen LogP contribution < -0.4 is 10.6 Å². The van der Waals surface area contributed by atoms with Gasteiger partial charge in [0.2, 0.25) is 5.95 Å². The number of aryl methyl sites for hydroxylation is 3. The van der Waals surface area contributed by atoms with Gasteiger partial charge in [-0.3, -0.25) is 4.98 Å². The molecule has 3 aromatic rings. The van der Waals surface area contributed by atoms with E-state index in [0.29, 0.717) is 12.4 Å². The van der Waals surface area contributed by atoms with Crippen molar-refractivity contribution < 1.29 is 0 Å². The van der Waals surface area contributed by atoms with Crippen molar-refractivity contribution in [2.24, 2.45) is 0 Å². The van der Waals surface area contributed by atoms with Crippen molar-refractivity contribution in [2.75, 3.05) is 31.3 Å². The van der Waals surface area contributed by atoms with Crippen molar-refractivity contribution in [2.45, 2.75) is 39.5 Å². The largest absolute Gasteiger partial charge is 0.349 e. The van der Waals surface area contributed by atoms with Crippen molar-refractivity contribution in [3.8, 4) is 11.3 Å². The maximum atomic E-state index is 5.55. The van der Waals surface area contributed by atoms with Crippen LogP contribution >= 0.6 is 12.2 Å². The molecular weight excluding hydrogens is 416 g/mol. The highest BCUT2D eigenvalue weighted by Crippen LogP contribution is 2.34. The smallest absolute Gasteiger partial charge is 0.227 e. The molecule has 0 spiro atoms. The van der Waals surface area contributed by atoms with E-state index >= 15 is 0 Å². The second-order valence-corrected chi connectivity index (χ2v) is 9.03. The number of aromatic nitrogens is 3. The van der Waals surface area contributed by atoms with Crippen LogP contribution in [-0.4, -0.2) is 45.5 Å². The van der Waals surface area contributed by atoms with Crippen molar-refractivity contribution in [3.05, 3.63) is 59.0 Å². The second kappa shape index (κ2) is 9.71. The molecule has 0 saturated heterocycles. The lowest BCUT2D eigenvalue weighted by Gasteiger charge is -2.13. The minimum absolute atomic E-state index is 0.567. The summed E-state index contributed by atoms with van der Waals surface area (Å²) in [6.45, 7) is 5.21. The summed E-state index contributed by atoms with van der Waals surface area (Å²) in [6, 6.07) is 8.60. The summed E-state index contributed by atoms with van der Waals surface area (Å²) in [5.74, 6) is 0.567. The number of rotatable bonds is 7. The Hall–Kier alpha value is -2.90. The maximum Gasteiger partial charge on any atom is 0.227 e. The molecule has 0 amide bonds. The van der Waals surface area contributed by atoms with Gasteiger partial charge in [-0.05, 0) is 70.1 Å². The molecule has 166 valence electrons. The number of benzene rings is 1. The zero-order valence-electron chi connectivity index (χ0n) is 19.2. The van der Waals surface area contributed by atoms with Crippen LogP contribution in [0.5, 0.6) is 0 Å². The van der Waals surface area contributed by atoms with Gasteiger partial charge in [-0.1, -0.05) is 31.3 Å². The van der Waals surface area contributed by atoms with Gasteiger partial charge < -0.3 is 15.5 Å². The molecule has 4 rings (SSSR count). The summed E-state index contributed by atoms with van der Waals surface area (Å²) in [5.41, 5.74) is 8.35. The van der Waals surface area contributed by atoms with E-state index in [4.69, 9.17) is 17.2 Å². The molecule has 0 atom stereocenters. The van der Waals surface area contributed by atoms with E-state index in [1.807, 2.05) is 19.3 Å². The highest BCUT2D eigenvalue weighted by molar-refractivity contribution is 7.80. The number of thiocarbonyl (C=S) groups is 1. The molecular formula is C25H30N6S. The van der Waals surface area contributed by atoms with Crippen LogP contribution in [0.2, 0.25) is 0 Å². The summed E-state index contributed by atoms with van der Waals surface area (Å²) in [5, 5.41) is 6.79. The molecule has 1 aromatic carbocycles. The van der Waals surface area contributed by atoms with Gasteiger partial charge in [0, 0.05) is 35.6 Å². The molecule has 0 saturated carbocycles. The van der Waals surface area contributed by atoms with E-state index < -0.39 is 0 Å². The lowest BCUT2D eigenvalue weighted by molar-refractivity contribution is 0.400. The van der Waals surface area contributed by atoms with Crippen LogP contribution in [-0.2, 0) is 19.3 Å². The third-order valence-corrected chi connectivity index (χ3v) is 5.94. The third-order valence-electron chi connectivity index (χ3n) is 5.70. The van der Waals surface area contributed by atoms with Gasteiger partial charge in [0.05, 0.1) is 22.1 Å². The predicted octanol–water partition coefficient (Wildman–Crippen LogP) is 4.94. The van der Waals surface area contributed by atoms with Gasteiger partial charge in [-0.2, -0.15) is 0 Å². The number of hydrogen-bond donors (Lipinski definition) is 2. The van der Waals surface area contributed by atoms with E-state index in [1.54, 1.807) is 0 Å². The summed E-state index contributed by atoms with van der Waals surface area (Å²) in [4.78, 5) is 17.0. The predicted molar refractivity (Wildman–Crippen MR) is 136 cm³/mol. The Bertz CT molecular complexity index is 1140. The number of hydrogen-bond acceptors (Lipinski definition) is 6. The molecule has 0 unspecified atom stereocenters. The van der Waals surface area contributed by atoms with Crippen LogP contribution in [0.1, 0.15) is 35.7 Å². The molecule has 3 heterocycles. The van der Waals surface area contributed by atoms with E-state index in [2.05, 4.69) is 70.8 Å². The Kier molecular flexibility index (Phi) is 6.77. The fourth-order valence-electron chi connectivity index (χ4n) is 3.88. The average molecular weight is 447 g/mol. The Morgan fingerprint density at radius 2 is 1.97 bits per heavy atom. The topological polar surface area (TPSA) is 66.0 Å². The SMILES string of the molecule is CCc1ccc2c(c1)NC(=S)Cc1cnc(Nc3cc(CCCN(C)C)cnc3C)nc1-2. The standard InChI is InChI=1S/C25H30N6S/c1-5-17-8-9-20-22(11-17)28-23(32)13-19-15-27-25(30-24(19)20)29-21-12-18(14-26-16(21)2)7-6-10-31(3)4/h8-9,11-12,14-15H,5-7,10,13H2,1-4H3,(H,28,32)(H,27,29,30). The molecule has 0 bridgehead atoms. The van der Waals surface area contributed by atoms with E-state index in [-0.39, 0.29) is 0 Å². The molecule has 2 N–H and O–H groups in total. The molecule has 6 nitrogen and oxygen atoms in total. The summed E-state index contributed by atoms with van der Waals surface area (Å²) >= 11 is 5.55. The van der Waals surface area contributed by atoms with E-state index in [0.717, 1.165) is 64.7 Å². The first-order chi connectivity index (χ1) is 15.4.